The van der Waals surface area contributed by atoms with E-state index in [0.29, 0.717) is 43.4 Å². The van der Waals surface area contributed by atoms with Gasteiger partial charge in [0.05, 0.1) is 11.8 Å². The number of aryl methyl sites for hydroxylation is 2. The van der Waals surface area contributed by atoms with E-state index < -0.39 is 6.10 Å². The Morgan fingerprint density at radius 3 is 2.80 bits per heavy atom. The molecule has 3 aromatic rings. The Kier molecular flexibility index (Phi) is 8.33. The number of carbonyl (C=O) groups is 1. The van der Waals surface area contributed by atoms with Crippen LogP contribution >= 0.6 is 0 Å². The largest absolute Gasteiger partial charge is 0.487 e. The average molecular weight is 479 g/mol. The van der Waals surface area contributed by atoms with Crippen molar-refractivity contribution in [2.75, 3.05) is 11.9 Å². The Balaban J connectivity index is 1.24. The van der Waals surface area contributed by atoms with Gasteiger partial charge >= 0.3 is 0 Å². The summed E-state index contributed by atoms with van der Waals surface area (Å²) in [5, 5.41) is 20.8. The minimum Gasteiger partial charge on any atom is -0.487 e. The van der Waals surface area contributed by atoms with Crippen molar-refractivity contribution in [2.45, 2.75) is 57.4 Å². The third-order valence-corrected chi connectivity index (χ3v) is 6.43. The summed E-state index contributed by atoms with van der Waals surface area (Å²) in [7, 11) is 1.88. The number of ether oxygens (including phenoxy) is 1. The molecular formula is C26H34N6O3. The van der Waals surface area contributed by atoms with Crippen LogP contribution in [0.4, 0.5) is 5.82 Å². The van der Waals surface area contributed by atoms with E-state index in [1.54, 1.807) is 29.2 Å². The van der Waals surface area contributed by atoms with Crippen molar-refractivity contribution in [3.8, 4) is 5.75 Å². The first-order chi connectivity index (χ1) is 17.0. The molecule has 0 aliphatic heterocycles. The minimum atomic E-state index is -0.667. The minimum absolute atomic E-state index is 0.177. The fourth-order valence-corrected chi connectivity index (χ4v) is 3.98. The number of benzene rings is 1. The quantitative estimate of drug-likeness (QED) is 0.315. The van der Waals surface area contributed by atoms with Crippen LogP contribution in [0.15, 0.2) is 48.8 Å². The zero-order chi connectivity index (χ0) is 24.6. The van der Waals surface area contributed by atoms with Crippen LogP contribution < -0.4 is 21.1 Å². The molecule has 9 nitrogen and oxygen atoms in total. The predicted molar refractivity (Wildman–Crippen MR) is 134 cm³/mol. The third-order valence-electron chi connectivity index (χ3n) is 6.43. The van der Waals surface area contributed by atoms with Crippen LogP contribution in [0.1, 0.15) is 52.9 Å². The first kappa shape index (κ1) is 24.7. The summed E-state index contributed by atoms with van der Waals surface area (Å²) in [6.45, 7) is 0.981. The van der Waals surface area contributed by atoms with E-state index in [9.17, 15) is 9.90 Å². The SMILES string of the molecule is Cn1nccc1COc1ccc(CC[C@H](O)CNC(=O)c2ccnc(NC3CCC3)c2)c(CN)c1. The highest BCUT2D eigenvalue weighted by molar-refractivity contribution is 5.94. The summed E-state index contributed by atoms with van der Waals surface area (Å²) in [6, 6.07) is 11.6. The Bertz CT molecular complexity index is 1130. The number of aliphatic hydroxyl groups is 1. The first-order valence-corrected chi connectivity index (χ1v) is 12.1. The van der Waals surface area contributed by atoms with Crippen molar-refractivity contribution in [3.63, 3.8) is 0 Å². The van der Waals surface area contributed by atoms with Gasteiger partial charge in [-0.1, -0.05) is 6.07 Å². The van der Waals surface area contributed by atoms with Crippen LogP contribution in [0.3, 0.4) is 0 Å². The molecule has 1 fully saturated rings. The molecule has 0 radical (unpaired) electrons. The van der Waals surface area contributed by atoms with Crippen LogP contribution in [-0.2, 0) is 26.6 Å². The molecule has 0 bridgehead atoms. The maximum Gasteiger partial charge on any atom is 0.251 e. The van der Waals surface area contributed by atoms with Gasteiger partial charge in [-0.25, -0.2) is 4.98 Å². The number of nitrogens with one attached hydrogen (secondary N) is 2. The van der Waals surface area contributed by atoms with E-state index in [0.717, 1.165) is 35.4 Å². The molecule has 9 heteroatoms. The fraction of sp³-hybridized carbons (Fsp3) is 0.423. The molecular weight excluding hydrogens is 444 g/mol. The van der Waals surface area contributed by atoms with Crippen molar-refractivity contribution < 1.29 is 14.6 Å². The van der Waals surface area contributed by atoms with Crippen LogP contribution in [0.5, 0.6) is 5.75 Å². The fourth-order valence-electron chi connectivity index (χ4n) is 3.98. The Labute approximate surface area is 205 Å². The van der Waals surface area contributed by atoms with Crippen molar-refractivity contribution in [1.29, 1.82) is 0 Å². The number of rotatable bonds is 12. The topological polar surface area (TPSA) is 127 Å². The molecule has 2 aromatic heterocycles. The summed E-state index contributed by atoms with van der Waals surface area (Å²) in [6.07, 6.45) is 7.36. The van der Waals surface area contributed by atoms with Crippen LogP contribution in [-0.4, -0.2) is 44.5 Å². The van der Waals surface area contributed by atoms with Crippen LogP contribution in [0.25, 0.3) is 0 Å². The maximum atomic E-state index is 12.5. The molecule has 35 heavy (non-hydrogen) atoms. The van der Waals surface area contributed by atoms with E-state index in [1.165, 1.54) is 6.42 Å². The number of hydrogen-bond donors (Lipinski definition) is 4. The van der Waals surface area contributed by atoms with E-state index in [2.05, 4.69) is 20.7 Å². The van der Waals surface area contributed by atoms with Crippen molar-refractivity contribution in [2.24, 2.45) is 12.8 Å². The highest BCUT2D eigenvalue weighted by Crippen LogP contribution is 2.23. The second kappa shape index (κ2) is 11.8. The van der Waals surface area contributed by atoms with Gasteiger partial charge in [-0.2, -0.15) is 5.10 Å². The van der Waals surface area contributed by atoms with E-state index in [4.69, 9.17) is 10.5 Å². The van der Waals surface area contributed by atoms with Gasteiger partial charge in [0, 0.05) is 44.1 Å². The number of pyridine rings is 1. The molecule has 5 N–H and O–H groups in total. The molecule has 1 saturated carbocycles. The molecule has 1 aliphatic rings. The molecule has 1 aliphatic carbocycles. The molecule has 1 amide bonds. The normalized spacial score (nSPS) is 14.3. The number of aromatic nitrogens is 3. The highest BCUT2D eigenvalue weighted by atomic mass is 16.5. The van der Waals surface area contributed by atoms with Gasteiger partial charge in [0.1, 0.15) is 18.2 Å². The lowest BCUT2D eigenvalue weighted by Gasteiger charge is -2.26. The lowest BCUT2D eigenvalue weighted by molar-refractivity contribution is 0.0911. The Hall–Kier alpha value is -3.43. The molecule has 0 saturated heterocycles. The van der Waals surface area contributed by atoms with Crippen LogP contribution in [0.2, 0.25) is 0 Å². The summed E-state index contributed by atoms with van der Waals surface area (Å²) >= 11 is 0. The highest BCUT2D eigenvalue weighted by Gasteiger charge is 2.18. The smallest absolute Gasteiger partial charge is 0.251 e. The summed E-state index contributed by atoms with van der Waals surface area (Å²) < 4.78 is 7.65. The third kappa shape index (κ3) is 6.80. The molecule has 1 atom stereocenters. The van der Waals surface area contributed by atoms with E-state index in [-0.39, 0.29) is 12.5 Å². The molecule has 4 rings (SSSR count). The molecule has 0 spiro atoms. The predicted octanol–water partition coefficient (Wildman–Crippen LogP) is 2.54. The van der Waals surface area contributed by atoms with Crippen molar-refractivity contribution in [3.05, 3.63) is 71.2 Å². The van der Waals surface area contributed by atoms with Gasteiger partial charge in [-0.05, 0) is 73.6 Å². The second-order valence-corrected chi connectivity index (χ2v) is 8.97. The molecule has 0 unspecified atom stereocenters. The Morgan fingerprint density at radius 1 is 1.23 bits per heavy atom. The average Bonchev–Trinajstić information content (AvgIpc) is 3.27. The molecule has 186 valence electrons. The lowest BCUT2D eigenvalue weighted by atomic mass is 9.93. The van der Waals surface area contributed by atoms with Gasteiger partial charge in [-0.3, -0.25) is 9.48 Å². The monoisotopic (exact) mass is 478 g/mol. The zero-order valence-corrected chi connectivity index (χ0v) is 20.1. The number of amides is 1. The van der Waals surface area contributed by atoms with Crippen molar-refractivity contribution in [1.82, 2.24) is 20.1 Å². The summed E-state index contributed by atoms with van der Waals surface area (Å²) in [5.41, 5.74) is 9.51. The summed E-state index contributed by atoms with van der Waals surface area (Å²) in [5.74, 6) is 1.23. The standard InChI is InChI=1S/C26H34N6O3/c1-32-22(10-12-30-32)17-35-24-8-6-18(20(13-24)15-27)5-7-23(33)16-29-26(34)19-9-11-28-25(14-19)31-21-3-2-4-21/h6,8-14,21,23,33H,2-5,7,15-17,27H2,1H3,(H,28,31)(H,29,34)/t23-/m0/s1. The zero-order valence-electron chi connectivity index (χ0n) is 20.1. The van der Waals surface area contributed by atoms with Crippen LogP contribution in [0, 0.1) is 0 Å². The van der Waals surface area contributed by atoms with Gasteiger partial charge in [0.25, 0.3) is 5.91 Å². The number of aliphatic hydroxyl groups excluding tert-OH is 1. The van der Waals surface area contributed by atoms with Gasteiger partial charge in [0.2, 0.25) is 0 Å². The number of carbonyl (C=O) groups excluding carboxylic acids is 1. The van der Waals surface area contributed by atoms with Gasteiger partial charge in [0.15, 0.2) is 0 Å². The number of nitrogens with two attached hydrogens (primary N) is 1. The van der Waals surface area contributed by atoms with E-state index >= 15 is 0 Å². The van der Waals surface area contributed by atoms with Gasteiger partial charge in [-0.15, -0.1) is 0 Å². The Morgan fingerprint density at radius 2 is 2.09 bits per heavy atom. The van der Waals surface area contributed by atoms with Crippen molar-refractivity contribution >= 4 is 11.7 Å². The molecule has 2 heterocycles. The van der Waals surface area contributed by atoms with Gasteiger partial charge < -0.3 is 26.2 Å². The van der Waals surface area contributed by atoms with E-state index in [1.807, 2.05) is 31.3 Å². The lowest BCUT2D eigenvalue weighted by Crippen LogP contribution is -2.32. The number of nitrogens with zero attached hydrogens (tertiary/aromatic N) is 3. The summed E-state index contributed by atoms with van der Waals surface area (Å²) in [4.78, 5) is 16.8. The second-order valence-electron chi connectivity index (χ2n) is 8.97. The number of anilines is 1. The number of hydrogen-bond acceptors (Lipinski definition) is 7. The maximum absolute atomic E-state index is 12.5. The first-order valence-electron chi connectivity index (χ1n) is 12.1. The molecule has 1 aromatic carbocycles.